The second-order valence-electron chi connectivity index (χ2n) is 9.45. The van der Waals surface area contributed by atoms with E-state index in [9.17, 15) is 23.6 Å². The van der Waals surface area contributed by atoms with Gasteiger partial charge in [0.2, 0.25) is 11.8 Å². The third kappa shape index (κ3) is 6.99. The number of nitrogens with zero attached hydrogens (tertiary/aromatic N) is 1. The first-order valence-corrected chi connectivity index (χ1v) is 14.1. The quantitative estimate of drug-likeness (QED) is 0.191. The van der Waals surface area contributed by atoms with Gasteiger partial charge in [-0.1, -0.05) is 36.4 Å². The van der Waals surface area contributed by atoms with Crippen LogP contribution in [0.3, 0.4) is 0 Å². The standard InChI is InChI=1S/C33H26FN3O5S/c1-42-25-15-13-24(14-16-25)37-30(38)20-29(33(37)41)43-26-17-11-23(12-18-26)35-32(40)28(19-22-9-5-6-10-27(22)34)36-31(39)21-7-3-2-4-8-21/h2-19,29H,20H2,1H3,(H,35,40)(H,36,39)/b28-19-. The summed E-state index contributed by atoms with van der Waals surface area (Å²) in [5.41, 5.74) is 1.21. The van der Waals surface area contributed by atoms with Crippen LogP contribution in [0.5, 0.6) is 5.75 Å². The van der Waals surface area contributed by atoms with Crippen LogP contribution in [0.25, 0.3) is 6.08 Å². The van der Waals surface area contributed by atoms with Gasteiger partial charge >= 0.3 is 0 Å². The van der Waals surface area contributed by atoms with Gasteiger partial charge in [-0.3, -0.25) is 19.2 Å². The van der Waals surface area contributed by atoms with Gasteiger partial charge in [-0.25, -0.2) is 9.29 Å². The van der Waals surface area contributed by atoms with Gasteiger partial charge in [-0.05, 0) is 72.8 Å². The number of halogens is 1. The van der Waals surface area contributed by atoms with Crippen molar-refractivity contribution in [2.24, 2.45) is 0 Å². The minimum Gasteiger partial charge on any atom is -0.497 e. The highest BCUT2D eigenvalue weighted by atomic mass is 32.2. The number of imide groups is 1. The lowest BCUT2D eigenvalue weighted by Gasteiger charge is -2.15. The van der Waals surface area contributed by atoms with Gasteiger partial charge in [0.25, 0.3) is 11.8 Å². The van der Waals surface area contributed by atoms with Gasteiger partial charge < -0.3 is 15.4 Å². The third-order valence-corrected chi connectivity index (χ3v) is 7.76. The molecule has 4 aromatic carbocycles. The number of rotatable bonds is 9. The Kier molecular flexibility index (Phi) is 8.97. The molecule has 216 valence electrons. The molecule has 8 nitrogen and oxygen atoms in total. The van der Waals surface area contributed by atoms with E-state index in [4.69, 9.17) is 4.74 Å². The lowest BCUT2D eigenvalue weighted by Crippen LogP contribution is -2.31. The molecule has 0 aliphatic carbocycles. The van der Waals surface area contributed by atoms with E-state index in [1.807, 2.05) is 0 Å². The average Bonchev–Trinajstić information content (AvgIpc) is 3.30. The summed E-state index contributed by atoms with van der Waals surface area (Å²) in [6, 6.07) is 27.7. The van der Waals surface area contributed by atoms with Gasteiger partial charge in [0, 0.05) is 28.1 Å². The Morgan fingerprint density at radius 1 is 0.907 bits per heavy atom. The zero-order valence-corrected chi connectivity index (χ0v) is 23.8. The van der Waals surface area contributed by atoms with Gasteiger partial charge in [0.15, 0.2) is 0 Å². The first-order valence-electron chi connectivity index (χ1n) is 13.2. The summed E-state index contributed by atoms with van der Waals surface area (Å²) in [5, 5.41) is 4.70. The Hall–Kier alpha value is -5.22. The van der Waals surface area contributed by atoms with Crippen molar-refractivity contribution in [1.29, 1.82) is 0 Å². The highest BCUT2D eigenvalue weighted by molar-refractivity contribution is 8.00. The molecule has 0 radical (unpaired) electrons. The number of thioether (sulfide) groups is 1. The number of benzene rings is 4. The molecule has 4 amide bonds. The van der Waals surface area contributed by atoms with E-state index in [2.05, 4.69) is 10.6 Å². The summed E-state index contributed by atoms with van der Waals surface area (Å²) in [5.74, 6) is -1.70. The van der Waals surface area contributed by atoms with Crippen LogP contribution >= 0.6 is 11.8 Å². The predicted molar refractivity (Wildman–Crippen MR) is 163 cm³/mol. The molecule has 0 aromatic heterocycles. The summed E-state index contributed by atoms with van der Waals surface area (Å²) < 4.78 is 19.5. The van der Waals surface area contributed by atoms with Crippen LogP contribution in [0.4, 0.5) is 15.8 Å². The van der Waals surface area contributed by atoms with Crippen molar-refractivity contribution in [1.82, 2.24) is 5.32 Å². The van der Waals surface area contributed by atoms with Crippen molar-refractivity contribution in [3.05, 3.63) is 126 Å². The Morgan fingerprint density at radius 2 is 1.58 bits per heavy atom. The fraction of sp³-hybridized carbons (Fsp3) is 0.0909. The first-order chi connectivity index (χ1) is 20.8. The van der Waals surface area contributed by atoms with E-state index in [1.54, 1.807) is 84.9 Å². The molecule has 1 saturated heterocycles. The van der Waals surface area contributed by atoms with Gasteiger partial charge in [-0.2, -0.15) is 0 Å². The maximum absolute atomic E-state index is 14.4. The lowest BCUT2D eigenvalue weighted by molar-refractivity contribution is -0.121. The molecular weight excluding hydrogens is 569 g/mol. The molecule has 1 unspecified atom stereocenters. The zero-order chi connectivity index (χ0) is 30.3. The summed E-state index contributed by atoms with van der Waals surface area (Å²) in [4.78, 5) is 53.6. The number of hydrogen-bond acceptors (Lipinski definition) is 6. The van der Waals surface area contributed by atoms with Crippen LogP contribution < -0.4 is 20.3 Å². The number of anilines is 2. The third-order valence-electron chi connectivity index (χ3n) is 6.56. The monoisotopic (exact) mass is 595 g/mol. The summed E-state index contributed by atoms with van der Waals surface area (Å²) in [6.45, 7) is 0. The minimum atomic E-state index is -0.653. The molecule has 1 heterocycles. The second-order valence-corrected chi connectivity index (χ2v) is 10.7. The van der Waals surface area contributed by atoms with E-state index >= 15 is 0 Å². The maximum Gasteiger partial charge on any atom is 0.272 e. The molecule has 1 aliphatic heterocycles. The SMILES string of the molecule is COc1ccc(N2C(=O)CC(Sc3ccc(NC(=O)/C(=C/c4ccccc4F)NC(=O)c4ccccc4)cc3)C2=O)cc1. The first kappa shape index (κ1) is 29.3. The van der Waals surface area contributed by atoms with Crippen molar-refractivity contribution in [3.63, 3.8) is 0 Å². The second kappa shape index (κ2) is 13.2. The smallest absolute Gasteiger partial charge is 0.272 e. The van der Waals surface area contributed by atoms with Crippen LogP contribution in [0.15, 0.2) is 114 Å². The predicted octanol–water partition coefficient (Wildman–Crippen LogP) is 5.67. The molecule has 4 aromatic rings. The minimum absolute atomic E-state index is 0.0549. The molecule has 0 bridgehead atoms. The number of hydrogen-bond donors (Lipinski definition) is 2. The van der Waals surface area contributed by atoms with Crippen LogP contribution in [-0.2, 0) is 14.4 Å². The molecule has 0 spiro atoms. The largest absolute Gasteiger partial charge is 0.497 e. The molecule has 1 atom stereocenters. The molecule has 1 fully saturated rings. The Morgan fingerprint density at radius 3 is 2.26 bits per heavy atom. The number of carbonyl (C=O) groups excluding carboxylic acids is 4. The van der Waals surface area contributed by atoms with E-state index < -0.39 is 22.9 Å². The Balaban J connectivity index is 1.27. The van der Waals surface area contributed by atoms with Crippen LogP contribution in [0.1, 0.15) is 22.3 Å². The Bertz CT molecular complexity index is 1690. The van der Waals surface area contributed by atoms with Gasteiger partial charge in [-0.15, -0.1) is 11.8 Å². The lowest BCUT2D eigenvalue weighted by atomic mass is 10.1. The van der Waals surface area contributed by atoms with E-state index in [-0.39, 0.29) is 29.5 Å². The molecule has 43 heavy (non-hydrogen) atoms. The highest BCUT2D eigenvalue weighted by Gasteiger charge is 2.40. The molecular formula is C33H26FN3O5S. The fourth-order valence-electron chi connectivity index (χ4n) is 4.37. The van der Waals surface area contributed by atoms with Crippen molar-refractivity contribution >= 4 is 52.8 Å². The van der Waals surface area contributed by atoms with Crippen molar-refractivity contribution < 1.29 is 28.3 Å². The van der Waals surface area contributed by atoms with Gasteiger partial charge in [0.1, 0.15) is 17.3 Å². The molecule has 1 aliphatic rings. The zero-order valence-electron chi connectivity index (χ0n) is 23.0. The number of ether oxygens (including phenoxy) is 1. The van der Waals surface area contributed by atoms with Crippen LogP contribution in [-0.4, -0.2) is 36.0 Å². The topological polar surface area (TPSA) is 105 Å². The number of nitrogens with one attached hydrogen (secondary N) is 2. The highest BCUT2D eigenvalue weighted by Crippen LogP contribution is 2.35. The van der Waals surface area contributed by atoms with Crippen LogP contribution in [0.2, 0.25) is 0 Å². The van der Waals surface area contributed by atoms with Crippen molar-refractivity contribution in [2.75, 3.05) is 17.3 Å². The molecule has 5 rings (SSSR count). The number of amides is 4. The summed E-state index contributed by atoms with van der Waals surface area (Å²) in [6.07, 6.45) is 1.33. The van der Waals surface area contributed by atoms with Crippen molar-refractivity contribution in [2.45, 2.75) is 16.6 Å². The maximum atomic E-state index is 14.4. The normalized spacial score (nSPS) is 14.9. The fourth-order valence-corrected chi connectivity index (χ4v) is 5.42. The van der Waals surface area contributed by atoms with E-state index in [0.29, 0.717) is 22.7 Å². The average molecular weight is 596 g/mol. The Labute approximate surface area is 251 Å². The van der Waals surface area contributed by atoms with Crippen LogP contribution in [0, 0.1) is 5.82 Å². The van der Waals surface area contributed by atoms with E-state index in [1.165, 1.54) is 48.0 Å². The molecule has 0 saturated carbocycles. The summed E-state index contributed by atoms with van der Waals surface area (Å²) >= 11 is 1.25. The summed E-state index contributed by atoms with van der Waals surface area (Å²) in [7, 11) is 1.54. The van der Waals surface area contributed by atoms with Gasteiger partial charge in [0.05, 0.1) is 18.0 Å². The molecule has 2 N–H and O–H groups in total. The van der Waals surface area contributed by atoms with E-state index in [0.717, 1.165) is 4.90 Å². The van der Waals surface area contributed by atoms with Crippen molar-refractivity contribution in [3.8, 4) is 5.75 Å². The number of carbonyl (C=O) groups is 4. The number of methoxy groups -OCH3 is 1. The molecule has 10 heteroatoms.